The molecule has 42 valence electrons. The highest BCUT2D eigenvalue weighted by Gasteiger charge is 2.28. The van der Waals surface area contributed by atoms with Crippen molar-refractivity contribution in [3.05, 3.63) is 0 Å². The normalized spacial score (nSPS) is 11.4. The Labute approximate surface area is 47.8 Å². The summed E-state index contributed by atoms with van der Waals surface area (Å²) in [5, 5.41) is 0. The van der Waals surface area contributed by atoms with Gasteiger partial charge in [0.1, 0.15) is 0 Å². The third-order valence-corrected chi connectivity index (χ3v) is 1.04. The summed E-state index contributed by atoms with van der Waals surface area (Å²) in [6.45, 7) is 0.532. The Bertz CT molecular complexity index is 85.4. The first kappa shape index (κ1) is 7.01. The average molecular weight is 173 g/mol. The average Bonchev–Trinajstić information content (AvgIpc) is 1.31. The van der Waals surface area contributed by atoms with Crippen molar-refractivity contribution in [1.82, 2.24) is 0 Å². The highest BCUT2D eigenvalue weighted by molar-refractivity contribution is 9.18. The maximum atomic E-state index is 11.4. The third kappa shape index (κ3) is 2.68. The van der Waals surface area contributed by atoms with Crippen LogP contribution in [0.5, 0.6) is 0 Å². The summed E-state index contributed by atoms with van der Waals surface area (Å²) in [5.41, 5.74) is 0. The summed E-state index contributed by atoms with van der Waals surface area (Å²) in [6, 6.07) is 0. The molecule has 4 heteroatoms. The van der Waals surface area contributed by atoms with E-state index in [1.165, 1.54) is 0 Å². The quantitative estimate of drug-likeness (QED) is 0.550. The fourth-order valence-electron chi connectivity index (χ4n) is 0. The molecule has 0 saturated heterocycles. The molecule has 0 fully saturated rings. The van der Waals surface area contributed by atoms with Crippen molar-refractivity contribution >= 4 is 20.6 Å². The first-order chi connectivity index (χ1) is 2.94. The molecular weight excluding hydrogens is 170 g/mol. The Hall–Kier alpha value is 0.01000. The lowest BCUT2D eigenvalue weighted by Crippen LogP contribution is -2.17. The topological polar surface area (TPSA) is 17.1 Å². The monoisotopic (exact) mass is 172 g/mol. The van der Waals surface area contributed by atoms with E-state index in [1.54, 1.807) is 0 Å². The van der Waals surface area contributed by atoms with Crippen LogP contribution >= 0.6 is 15.9 Å². The van der Waals surface area contributed by atoms with Crippen LogP contribution in [0.4, 0.5) is 8.78 Å². The van der Waals surface area contributed by atoms with E-state index < -0.39 is 10.6 Å². The number of halogens is 3. The predicted octanol–water partition coefficient (Wildman–Crippen LogP) is 1.56. The van der Waals surface area contributed by atoms with E-state index in [-0.39, 0.29) is 0 Å². The molecule has 0 spiro atoms. The summed E-state index contributed by atoms with van der Waals surface area (Å²) >= 11 is 2.11. The molecule has 0 heterocycles. The lowest BCUT2D eigenvalue weighted by atomic mass is 10.5. The summed E-state index contributed by atoms with van der Waals surface area (Å²) in [5.74, 6) is -3.22. The largest absolute Gasteiger partial charge is 0.313 e. The van der Waals surface area contributed by atoms with E-state index in [1.807, 2.05) is 0 Å². The van der Waals surface area contributed by atoms with Crippen LogP contribution in [-0.2, 0) is 4.79 Å². The lowest BCUT2D eigenvalue weighted by Gasteiger charge is -1.99. The molecule has 0 aromatic carbocycles. The first-order valence-corrected chi connectivity index (χ1v) is 2.31. The van der Waals surface area contributed by atoms with Crippen molar-refractivity contribution in [3.8, 4) is 0 Å². The van der Waals surface area contributed by atoms with Gasteiger partial charge in [-0.05, 0) is 15.9 Å². The second kappa shape index (κ2) is 1.86. The van der Waals surface area contributed by atoms with Gasteiger partial charge in [-0.3, -0.25) is 4.79 Å². The van der Waals surface area contributed by atoms with Crippen molar-refractivity contribution in [2.45, 2.75) is 12.8 Å². The van der Waals surface area contributed by atoms with Crippen molar-refractivity contribution in [3.63, 3.8) is 0 Å². The van der Waals surface area contributed by atoms with Gasteiger partial charge in [0.25, 0.3) is 4.69 Å². The molecule has 0 aliphatic rings. The summed E-state index contributed by atoms with van der Waals surface area (Å²) in [4.78, 5) is 9.63. The van der Waals surface area contributed by atoms with Crippen LogP contribution in [0.25, 0.3) is 0 Å². The number of rotatable bonds is 1. The fraction of sp³-hybridized carbons (Fsp3) is 0.667. The highest BCUT2D eigenvalue weighted by Crippen LogP contribution is 2.15. The van der Waals surface area contributed by atoms with Crippen molar-refractivity contribution < 1.29 is 13.6 Å². The predicted molar refractivity (Wildman–Crippen MR) is 24.6 cm³/mol. The molecule has 0 N–H and O–H groups in total. The van der Waals surface area contributed by atoms with Crippen LogP contribution < -0.4 is 0 Å². The molecule has 0 saturated carbocycles. The number of carbonyl (C=O) groups excluding carboxylic acids is 1. The zero-order chi connectivity index (χ0) is 6.08. The fourth-order valence-corrected chi connectivity index (χ4v) is 0. The SMILES string of the molecule is CC(F)(F)C(=O)Br. The zero-order valence-electron chi connectivity index (χ0n) is 3.54. The lowest BCUT2D eigenvalue weighted by molar-refractivity contribution is -0.129. The molecule has 7 heavy (non-hydrogen) atoms. The van der Waals surface area contributed by atoms with E-state index in [9.17, 15) is 13.6 Å². The number of carbonyl (C=O) groups is 1. The summed E-state index contributed by atoms with van der Waals surface area (Å²) in [7, 11) is 0. The standard InChI is InChI=1S/C3H3BrF2O/c1-3(5,6)2(4)7/h1H3. The van der Waals surface area contributed by atoms with Gasteiger partial charge in [-0.2, -0.15) is 8.78 Å². The minimum Gasteiger partial charge on any atom is -0.280 e. The van der Waals surface area contributed by atoms with Gasteiger partial charge in [0.2, 0.25) is 0 Å². The smallest absolute Gasteiger partial charge is 0.280 e. The van der Waals surface area contributed by atoms with Crippen LogP contribution in [0.1, 0.15) is 6.92 Å². The summed E-state index contributed by atoms with van der Waals surface area (Å²) in [6.07, 6.45) is 0. The molecule has 0 aliphatic heterocycles. The maximum Gasteiger partial charge on any atom is 0.313 e. The van der Waals surface area contributed by atoms with Gasteiger partial charge in [0, 0.05) is 6.92 Å². The molecule has 0 unspecified atom stereocenters. The van der Waals surface area contributed by atoms with Crippen molar-refractivity contribution in [2.75, 3.05) is 0 Å². The maximum absolute atomic E-state index is 11.4. The van der Waals surface area contributed by atoms with Crippen LogP contribution in [0, 0.1) is 0 Å². The van der Waals surface area contributed by atoms with Gasteiger partial charge in [0.05, 0.1) is 0 Å². The Balaban J connectivity index is 3.79. The molecule has 0 radical (unpaired) electrons. The molecule has 0 rings (SSSR count). The molecule has 0 amide bonds. The number of hydrogen-bond donors (Lipinski definition) is 0. The second-order valence-corrected chi connectivity index (χ2v) is 1.88. The van der Waals surface area contributed by atoms with Crippen LogP contribution in [0.2, 0.25) is 0 Å². The van der Waals surface area contributed by atoms with E-state index in [2.05, 4.69) is 15.9 Å². The summed E-state index contributed by atoms with van der Waals surface area (Å²) < 4.78 is 21.6. The molecule has 0 bridgehead atoms. The molecule has 0 aliphatic carbocycles. The van der Waals surface area contributed by atoms with Crippen molar-refractivity contribution in [1.29, 1.82) is 0 Å². The Kier molecular flexibility index (Phi) is 1.86. The minimum atomic E-state index is -3.22. The van der Waals surface area contributed by atoms with Crippen LogP contribution in [-0.4, -0.2) is 10.6 Å². The van der Waals surface area contributed by atoms with E-state index in [0.717, 1.165) is 0 Å². The van der Waals surface area contributed by atoms with E-state index in [0.29, 0.717) is 6.92 Å². The molecule has 0 aromatic heterocycles. The van der Waals surface area contributed by atoms with E-state index >= 15 is 0 Å². The Morgan fingerprint density at radius 3 is 1.86 bits per heavy atom. The highest BCUT2D eigenvalue weighted by atomic mass is 79.9. The third-order valence-electron chi connectivity index (χ3n) is 0.345. The number of alkyl halides is 2. The van der Waals surface area contributed by atoms with Gasteiger partial charge in [-0.15, -0.1) is 0 Å². The zero-order valence-corrected chi connectivity index (χ0v) is 5.13. The molecule has 0 aromatic rings. The first-order valence-electron chi connectivity index (χ1n) is 1.52. The second-order valence-electron chi connectivity index (χ2n) is 1.16. The van der Waals surface area contributed by atoms with Gasteiger partial charge < -0.3 is 0 Å². The Morgan fingerprint density at radius 1 is 1.71 bits per heavy atom. The van der Waals surface area contributed by atoms with Crippen molar-refractivity contribution in [2.24, 2.45) is 0 Å². The Morgan fingerprint density at radius 2 is 1.86 bits per heavy atom. The van der Waals surface area contributed by atoms with Crippen LogP contribution in [0.3, 0.4) is 0 Å². The molecule has 1 nitrogen and oxygen atoms in total. The van der Waals surface area contributed by atoms with Gasteiger partial charge in [-0.1, -0.05) is 0 Å². The molecular formula is C3H3BrF2O. The van der Waals surface area contributed by atoms with Gasteiger partial charge >= 0.3 is 5.92 Å². The van der Waals surface area contributed by atoms with Gasteiger partial charge in [-0.25, -0.2) is 0 Å². The minimum absolute atomic E-state index is 0.532. The number of hydrogen-bond acceptors (Lipinski definition) is 1. The van der Waals surface area contributed by atoms with E-state index in [4.69, 9.17) is 0 Å². The molecule has 0 atom stereocenters. The van der Waals surface area contributed by atoms with Crippen LogP contribution in [0.15, 0.2) is 0 Å². The van der Waals surface area contributed by atoms with Gasteiger partial charge in [0.15, 0.2) is 0 Å².